The summed E-state index contributed by atoms with van der Waals surface area (Å²) >= 11 is 2.77. The van der Waals surface area contributed by atoms with E-state index in [1.165, 1.54) is 28.0 Å². The number of aromatic nitrogens is 4. The van der Waals surface area contributed by atoms with E-state index in [0.29, 0.717) is 21.5 Å². The number of nitrogen functional groups attached to an aromatic ring is 1. The summed E-state index contributed by atoms with van der Waals surface area (Å²) in [4.78, 5) is 8.41. The Morgan fingerprint density at radius 1 is 1.31 bits per heavy atom. The van der Waals surface area contributed by atoms with Crippen molar-refractivity contribution in [2.24, 2.45) is 0 Å². The van der Waals surface area contributed by atoms with Crippen molar-refractivity contribution in [3.63, 3.8) is 0 Å². The topological polar surface area (TPSA) is 92.9 Å². The first kappa shape index (κ1) is 11.0. The van der Waals surface area contributed by atoms with Gasteiger partial charge in [-0.05, 0) is 12.5 Å². The summed E-state index contributed by atoms with van der Waals surface area (Å²) in [6.45, 7) is 0. The molecule has 0 aliphatic carbocycles. The van der Waals surface area contributed by atoms with Gasteiger partial charge in [0.25, 0.3) is 5.78 Å². The second-order valence-electron chi connectivity index (χ2n) is 2.80. The predicted octanol–water partition coefficient (Wildman–Crippen LogP) is 1.02. The lowest BCUT2D eigenvalue weighted by Crippen LogP contribution is -2.05. The van der Waals surface area contributed by atoms with Crippen LogP contribution in [0.15, 0.2) is 10.2 Å². The molecule has 0 saturated carbocycles. The fourth-order valence-electron chi connectivity index (χ4n) is 1.22. The van der Waals surface area contributed by atoms with Gasteiger partial charge in [-0.1, -0.05) is 11.8 Å². The van der Waals surface area contributed by atoms with Crippen molar-refractivity contribution in [3.8, 4) is 6.07 Å². The molecule has 0 amide bonds. The van der Waals surface area contributed by atoms with Gasteiger partial charge in [0.15, 0.2) is 0 Å². The van der Waals surface area contributed by atoms with Crippen LogP contribution in [-0.4, -0.2) is 32.1 Å². The highest BCUT2D eigenvalue weighted by Gasteiger charge is 2.15. The van der Waals surface area contributed by atoms with Crippen molar-refractivity contribution < 1.29 is 0 Å². The maximum atomic E-state index is 9.00. The fraction of sp³-hybridized carbons (Fsp3) is 0.250. The normalized spacial score (nSPS) is 10.6. The lowest BCUT2D eigenvalue weighted by atomic mass is 10.3. The first-order chi connectivity index (χ1) is 7.71. The molecule has 2 N–H and O–H groups in total. The average molecular weight is 252 g/mol. The Hall–Kier alpha value is -1.46. The first-order valence-electron chi connectivity index (χ1n) is 4.25. The monoisotopic (exact) mass is 252 g/mol. The molecule has 0 unspecified atom stereocenters. The zero-order chi connectivity index (χ0) is 11.7. The molecular formula is C8H8N6S2. The van der Waals surface area contributed by atoms with E-state index in [9.17, 15) is 0 Å². The largest absolute Gasteiger partial charge is 0.382 e. The molecule has 0 aliphatic heterocycles. The van der Waals surface area contributed by atoms with Crippen LogP contribution in [0.1, 0.15) is 5.56 Å². The molecule has 2 aromatic rings. The van der Waals surface area contributed by atoms with Crippen LogP contribution in [0, 0.1) is 11.3 Å². The van der Waals surface area contributed by atoms with Crippen LogP contribution in [-0.2, 0) is 0 Å². The number of thioether (sulfide) groups is 2. The Labute approximate surface area is 100 Å². The molecule has 6 nitrogen and oxygen atoms in total. The molecule has 2 heterocycles. The zero-order valence-corrected chi connectivity index (χ0v) is 10.3. The maximum absolute atomic E-state index is 9.00. The number of nitrogens with zero attached hydrogens (tertiary/aromatic N) is 5. The van der Waals surface area contributed by atoms with E-state index in [4.69, 9.17) is 11.0 Å². The van der Waals surface area contributed by atoms with E-state index < -0.39 is 0 Å². The van der Waals surface area contributed by atoms with Crippen LogP contribution in [0.5, 0.6) is 0 Å². The number of hydrogen-bond acceptors (Lipinski definition) is 7. The third kappa shape index (κ3) is 1.58. The van der Waals surface area contributed by atoms with Gasteiger partial charge in [-0.15, -0.1) is 16.9 Å². The van der Waals surface area contributed by atoms with Crippen LogP contribution >= 0.6 is 23.5 Å². The molecule has 8 heteroatoms. The Morgan fingerprint density at radius 2 is 2.06 bits per heavy atom. The van der Waals surface area contributed by atoms with Gasteiger partial charge in [-0.2, -0.15) is 14.8 Å². The number of nitrogens with two attached hydrogens (primary N) is 1. The Balaban J connectivity index is 2.80. The van der Waals surface area contributed by atoms with E-state index in [-0.39, 0.29) is 5.82 Å². The number of anilines is 1. The molecule has 16 heavy (non-hydrogen) atoms. The Bertz CT molecular complexity index is 584. The number of hydrogen-bond donors (Lipinski definition) is 1. The Morgan fingerprint density at radius 3 is 2.62 bits per heavy atom. The average Bonchev–Trinajstić information content (AvgIpc) is 2.72. The fourth-order valence-corrected chi connectivity index (χ4v) is 2.08. The highest BCUT2D eigenvalue weighted by molar-refractivity contribution is 7.98. The van der Waals surface area contributed by atoms with Gasteiger partial charge in [0.2, 0.25) is 5.16 Å². The summed E-state index contributed by atoms with van der Waals surface area (Å²) in [6.07, 6.45) is 3.70. The predicted molar refractivity (Wildman–Crippen MR) is 63.5 cm³/mol. The molecule has 0 fully saturated rings. The van der Waals surface area contributed by atoms with Crippen molar-refractivity contribution in [1.29, 1.82) is 5.26 Å². The molecule has 0 atom stereocenters. The molecule has 0 aliphatic rings. The molecule has 0 saturated heterocycles. The molecule has 0 radical (unpaired) electrons. The van der Waals surface area contributed by atoms with E-state index in [1.54, 1.807) is 0 Å². The van der Waals surface area contributed by atoms with Gasteiger partial charge < -0.3 is 5.73 Å². The van der Waals surface area contributed by atoms with Crippen molar-refractivity contribution in [2.45, 2.75) is 10.2 Å². The van der Waals surface area contributed by atoms with Gasteiger partial charge in [0.1, 0.15) is 22.5 Å². The van der Waals surface area contributed by atoms with Gasteiger partial charge >= 0.3 is 0 Å². The lowest BCUT2D eigenvalue weighted by molar-refractivity contribution is 0.876. The van der Waals surface area contributed by atoms with Crippen molar-refractivity contribution in [3.05, 3.63) is 5.56 Å². The lowest BCUT2D eigenvalue weighted by Gasteiger charge is -2.03. The van der Waals surface area contributed by atoms with E-state index >= 15 is 0 Å². The van der Waals surface area contributed by atoms with Gasteiger partial charge in [0.05, 0.1) is 0 Å². The second-order valence-corrected chi connectivity index (χ2v) is 4.37. The van der Waals surface area contributed by atoms with Gasteiger partial charge in [0, 0.05) is 0 Å². The van der Waals surface area contributed by atoms with Crippen LogP contribution in [0.2, 0.25) is 0 Å². The summed E-state index contributed by atoms with van der Waals surface area (Å²) < 4.78 is 1.39. The quantitative estimate of drug-likeness (QED) is 0.630. The first-order valence-corrected chi connectivity index (χ1v) is 6.70. The maximum Gasteiger partial charge on any atom is 0.256 e. The molecule has 82 valence electrons. The van der Waals surface area contributed by atoms with Gasteiger partial charge in [-0.25, -0.2) is 4.98 Å². The molecule has 2 rings (SSSR count). The summed E-state index contributed by atoms with van der Waals surface area (Å²) in [5.74, 6) is 0.704. The van der Waals surface area contributed by atoms with Crippen molar-refractivity contribution in [2.75, 3.05) is 18.2 Å². The second kappa shape index (κ2) is 4.19. The van der Waals surface area contributed by atoms with Crippen LogP contribution in [0.25, 0.3) is 5.78 Å². The zero-order valence-electron chi connectivity index (χ0n) is 8.63. The third-order valence-electron chi connectivity index (χ3n) is 1.96. The summed E-state index contributed by atoms with van der Waals surface area (Å²) in [5, 5.41) is 14.3. The molecule has 0 bridgehead atoms. The number of rotatable bonds is 2. The smallest absolute Gasteiger partial charge is 0.256 e. The molecular weight excluding hydrogens is 244 g/mol. The standard InChI is InChI=1S/C8H8N6S2/c1-15-6-4(3-9)5(10)14-7(11-6)12-8(13-14)16-2/h10H2,1-2H3. The summed E-state index contributed by atoms with van der Waals surface area (Å²) in [6, 6.07) is 2.03. The highest BCUT2D eigenvalue weighted by Crippen LogP contribution is 2.24. The number of fused-ring (bicyclic) bond motifs is 1. The minimum atomic E-state index is 0.282. The SMILES string of the molecule is CSc1nc2nc(SC)c(C#N)c(N)n2n1. The molecule has 0 spiro atoms. The van der Waals surface area contributed by atoms with E-state index in [0.717, 1.165) is 0 Å². The van der Waals surface area contributed by atoms with Gasteiger partial charge in [-0.3, -0.25) is 0 Å². The highest BCUT2D eigenvalue weighted by atomic mass is 32.2. The van der Waals surface area contributed by atoms with Crippen LogP contribution in [0.3, 0.4) is 0 Å². The molecule has 2 aromatic heterocycles. The molecule has 0 aromatic carbocycles. The summed E-state index contributed by atoms with van der Waals surface area (Å²) in [5.41, 5.74) is 6.19. The van der Waals surface area contributed by atoms with E-state index in [1.807, 2.05) is 18.6 Å². The minimum Gasteiger partial charge on any atom is -0.382 e. The Kier molecular flexibility index (Phi) is 2.89. The van der Waals surface area contributed by atoms with E-state index in [2.05, 4.69) is 15.1 Å². The van der Waals surface area contributed by atoms with Crippen molar-refractivity contribution >= 4 is 35.1 Å². The van der Waals surface area contributed by atoms with Crippen LogP contribution in [0.4, 0.5) is 5.82 Å². The van der Waals surface area contributed by atoms with Crippen molar-refractivity contribution in [1.82, 2.24) is 19.6 Å². The third-order valence-corrected chi connectivity index (χ3v) is 3.18. The minimum absolute atomic E-state index is 0.282. The number of nitriles is 1. The summed E-state index contributed by atoms with van der Waals surface area (Å²) in [7, 11) is 0. The van der Waals surface area contributed by atoms with Crippen LogP contribution < -0.4 is 5.73 Å².